The Morgan fingerprint density at radius 1 is 1.37 bits per heavy atom. The van der Waals surface area contributed by atoms with Crippen LogP contribution in [-0.4, -0.2) is 33.5 Å². The predicted molar refractivity (Wildman–Crippen MR) is 97.4 cm³/mol. The SMILES string of the molecule is CCc1nc2ccc(F)cn2c1C(=O)Nc1cc(OC)c(C(=O)O)cc1Cl. The zero-order valence-electron chi connectivity index (χ0n) is 14.4. The topological polar surface area (TPSA) is 92.9 Å². The fourth-order valence-corrected chi connectivity index (χ4v) is 2.93. The fraction of sp³-hybridized carbons (Fsp3) is 0.167. The Hall–Kier alpha value is -3.13. The maximum atomic E-state index is 13.6. The Labute approximate surface area is 158 Å². The number of hydrogen-bond acceptors (Lipinski definition) is 4. The summed E-state index contributed by atoms with van der Waals surface area (Å²) in [5, 5.41) is 11.8. The van der Waals surface area contributed by atoms with Crippen LogP contribution in [0.15, 0.2) is 30.5 Å². The lowest BCUT2D eigenvalue weighted by atomic mass is 10.1. The molecule has 0 saturated carbocycles. The van der Waals surface area contributed by atoms with Gasteiger partial charge in [-0.3, -0.25) is 9.20 Å². The highest BCUT2D eigenvalue weighted by atomic mass is 35.5. The number of carbonyl (C=O) groups excluding carboxylic acids is 1. The molecule has 9 heteroatoms. The largest absolute Gasteiger partial charge is 0.496 e. The summed E-state index contributed by atoms with van der Waals surface area (Å²) in [6.45, 7) is 1.83. The molecule has 0 aliphatic heterocycles. The van der Waals surface area contributed by atoms with Gasteiger partial charge in [0.1, 0.15) is 28.5 Å². The van der Waals surface area contributed by atoms with E-state index in [1.54, 1.807) is 0 Å². The van der Waals surface area contributed by atoms with Crippen LogP contribution in [-0.2, 0) is 6.42 Å². The van der Waals surface area contributed by atoms with Crippen LogP contribution in [0.2, 0.25) is 5.02 Å². The maximum absolute atomic E-state index is 13.6. The Kier molecular flexibility index (Phi) is 5.00. The van der Waals surface area contributed by atoms with Crippen molar-refractivity contribution >= 4 is 34.8 Å². The lowest BCUT2D eigenvalue weighted by Crippen LogP contribution is -2.17. The summed E-state index contributed by atoms with van der Waals surface area (Å²) in [6.07, 6.45) is 1.63. The van der Waals surface area contributed by atoms with E-state index < -0.39 is 17.7 Å². The predicted octanol–water partition coefficient (Wildman–Crippen LogP) is 3.65. The third-order valence-corrected chi connectivity index (χ3v) is 4.29. The molecule has 0 radical (unpaired) electrons. The van der Waals surface area contributed by atoms with Crippen LogP contribution >= 0.6 is 11.6 Å². The highest BCUT2D eigenvalue weighted by molar-refractivity contribution is 6.34. The summed E-state index contributed by atoms with van der Waals surface area (Å²) in [5.41, 5.74) is 1.12. The number of halogens is 2. The lowest BCUT2D eigenvalue weighted by molar-refractivity contribution is 0.0693. The summed E-state index contributed by atoms with van der Waals surface area (Å²) in [7, 11) is 1.31. The second-order valence-corrected chi connectivity index (χ2v) is 6.03. The third-order valence-electron chi connectivity index (χ3n) is 3.97. The number of aromatic carboxylic acids is 1. The number of anilines is 1. The minimum Gasteiger partial charge on any atom is -0.496 e. The Bertz CT molecular complexity index is 1060. The van der Waals surface area contributed by atoms with Crippen LogP contribution in [0.25, 0.3) is 5.65 Å². The first-order valence-electron chi connectivity index (χ1n) is 7.94. The molecule has 2 heterocycles. The van der Waals surface area contributed by atoms with Gasteiger partial charge in [-0.1, -0.05) is 18.5 Å². The summed E-state index contributed by atoms with van der Waals surface area (Å²) < 4.78 is 20.0. The van der Waals surface area contributed by atoms with Gasteiger partial charge in [-0.05, 0) is 24.6 Å². The van der Waals surface area contributed by atoms with E-state index >= 15 is 0 Å². The molecule has 0 atom stereocenters. The molecule has 7 nitrogen and oxygen atoms in total. The molecule has 140 valence electrons. The molecule has 0 spiro atoms. The van der Waals surface area contributed by atoms with E-state index in [2.05, 4.69) is 10.3 Å². The summed E-state index contributed by atoms with van der Waals surface area (Å²) >= 11 is 6.11. The number of aryl methyl sites for hydroxylation is 1. The van der Waals surface area contributed by atoms with Crippen LogP contribution < -0.4 is 10.1 Å². The smallest absolute Gasteiger partial charge is 0.339 e. The second-order valence-electron chi connectivity index (χ2n) is 5.63. The van der Waals surface area contributed by atoms with Gasteiger partial charge in [0.15, 0.2) is 0 Å². The second kappa shape index (κ2) is 7.24. The van der Waals surface area contributed by atoms with Crippen molar-refractivity contribution in [3.05, 3.63) is 58.3 Å². The van der Waals surface area contributed by atoms with Gasteiger partial charge >= 0.3 is 5.97 Å². The van der Waals surface area contributed by atoms with Gasteiger partial charge in [0.25, 0.3) is 5.91 Å². The van der Waals surface area contributed by atoms with Crippen molar-refractivity contribution in [1.82, 2.24) is 9.38 Å². The van der Waals surface area contributed by atoms with Gasteiger partial charge in [0.05, 0.1) is 23.5 Å². The molecular formula is C18H15ClFN3O4. The maximum Gasteiger partial charge on any atom is 0.339 e. The number of benzene rings is 1. The van der Waals surface area contributed by atoms with E-state index in [0.29, 0.717) is 17.8 Å². The molecule has 0 aliphatic carbocycles. The number of imidazole rings is 1. The number of pyridine rings is 1. The molecule has 0 aliphatic rings. The van der Waals surface area contributed by atoms with Crippen molar-refractivity contribution in [3.63, 3.8) is 0 Å². The van der Waals surface area contributed by atoms with Gasteiger partial charge in [-0.2, -0.15) is 0 Å². The van der Waals surface area contributed by atoms with Gasteiger partial charge in [0.2, 0.25) is 0 Å². The Balaban J connectivity index is 2.05. The van der Waals surface area contributed by atoms with Crippen molar-refractivity contribution < 1.29 is 23.8 Å². The first-order chi connectivity index (χ1) is 12.8. The summed E-state index contributed by atoms with van der Waals surface area (Å²) in [5.74, 6) is -2.24. The number of nitrogens with one attached hydrogen (secondary N) is 1. The van der Waals surface area contributed by atoms with Crippen molar-refractivity contribution in [1.29, 1.82) is 0 Å². The minimum absolute atomic E-state index is 0.0274. The fourth-order valence-electron chi connectivity index (χ4n) is 2.72. The first-order valence-corrected chi connectivity index (χ1v) is 8.32. The standard InChI is InChI=1S/C18H15ClFN3O4/c1-3-12-16(23-8-9(20)4-5-15(23)21-12)17(24)22-13-7-14(27-2)10(18(25)26)6-11(13)19/h4-8H,3H2,1-2H3,(H,22,24)(H,25,26). The number of aromatic nitrogens is 2. The number of nitrogens with zero attached hydrogens (tertiary/aromatic N) is 2. The van der Waals surface area contributed by atoms with Crippen LogP contribution in [0.1, 0.15) is 33.5 Å². The molecule has 0 bridgehead atoms. The number of carboxylic acid groups (broad SMARTS) is 1. The number of carboxylic acids is 1. The summed E-state index contributed by atoms with van der Waals surface area (Å²) in [4.78, 5) is 28.4. The molecule has 0 unspecified atom stereocenters. The van der Waals surface area contributed by atoms with E-state index in [1.165, 1.54) is 42.0 Å². The number of ether oxygens (including phenoxy) is 1. The Morgan fingerprint density at radius 2 is 2.11 bits per heavy atom. The molecule has 1 amide bonds. The van der Waals surface area contributed by atoms with Crippen LogP contribution in [0.3, 0.4) is 0 Å². The van der Waals surface area contributed by atoms with E-state index in [0.717, 1.165) is 0 Å². The molecule has 0 saturated heterocycles. The third kappa shape index (κ3) is 3.43. The van der Waals surface area contributed by atoms with Gasteiger partial charge in [0, 0.05) is 12.3 Å². The number of carbonyl (C=O) groups is 2. The van der Waals surface area contributed by atoms with Crippen LogP contribution in [0.5, 0.6) is 5.75 Å². The lowest BCUT2D eigenvalue weighted by Gasteiger charge is -2.12. The number of methoxy groups -OCH3 is 1. The number of hydrogen-bond donors (Lipinski definition) is 2. The molecule has 27 heavy (non-hydrogen) atoms. The molecule has 2 aromatic heterocycles. The normalized spacial score (nSPS) is 10.8. The highest BCUT2D eigenvalue weighted by Crippen LogP contribution is 2.31. The number of fused-ring (bicyclic) bond motifs is 1. The van der Waals surface area contributed by atoms with E-state index in [1.807, 2.05) is 6.92 Å². The van der Waals surface area contributed by atoms with Crippen molar-refractivity contribution in [3.8, 4) is 5.75 Å². The molecule has 1 aromatic carbocycles. The quantitative estimate of drug-likeness (QED) is 0.692. The van der Waals surface area contributed by atoms with Crippen molar-refractivity contribution in [2.75, 3.05) is 12.4 Å². The van der Waals surface area contributed by atoms with Crippen LogP contribution in [0, 0.1) is 5.82 Å². The van der Waals surface area contributed by atoms with Crippen molar-refractivity contribution in [2.45, 2.75) is 13.3 Å². The average molecular weight is 392 g/mol. The van der Waals surface area contributed by atoms with Crippen molar-refractivity contribution in [2.24, 2.45) is 0 Å². The summed E-state index contributed by atoms with van der Waals surface area (Å²) in [6, 6.07) is 5.24. The first kappa shape index (κ1) is 18.7. The molecule has 3 aromatic rings. The average Bonchev–Trinajstić information content (AvgIpc) is 3.00. The van der Waals surface area contributed by atoms with Gasteiger partial charge in [-0.15, -0.1) is 0 Å². The zero-order valence-corrected chi connectivity index (χ0v) is 15.2. The van der Waals surface area contributed by atoms with E-state index in [4.69, 9.17) is 16.3 Å². The van der Waals surface area contributed by atoms with Crippen LogP contribution in [0.4, 0.5) is 10.1 Å². The molecule has 0 fully saturated rings. The Morgan fingerprint density at radius 3 is 2.74 bits per heavy atom. The number of amides is 1. The molecule has 3 rings (SSSR count). The zero-order chi connectivity index (χ0) is 19.7. The van der Waals surface area contributed by atoms with E-state index in [-0.39, 0.29) is 27.7 Å². The molecule has 2 N–H and O–H groups in total. The van der Waals surface area contributed by atoms with Gasteiger partial charge in [-0.25, -0.2) is 14.2 Å². The minimum atomic E-state index is -1.21. The highest BCUT2D eigenvalue weighted by Gasteiger charge is 2.21. The van der Waals surface area contributed by atoms with Gasteiger partial charge < -0.3 is 15.2 Å². The molecular weight excluding hydrogens is 377 g/mol. The number of rotatable bonds is 5. The van der Waals surface area contributed by atoms with E-state index in [9.17, 15) is 19.1 Å². The monoisotopic (exact) mass is 391 g/mol.